The molecule has 0 saturated heterocycles. The van der Waals surface area contributed by atoms with Gasteiger partial charge in [-0.25, -0.2) is 4.99 Å². The van der Waals surface area contributed by atoms with Crippen LogP contribution in [0.4, 0.5) is 11.4 Å². The minimum atomic E-state index is -0.0172. The molecule has 5 heteroatoms. The lowest BCUT2D eigenvalue weighted by atomic mass is 10.0. The first-order valence-electron chi connectivity index (χ1n) is 11.7. The summed E-state index contributed by atoms with van der Waals surface area (Å²) in [6.07, 6.45) is 3.45. The van der Waals surface area contributed by atoms with Crippen molar-refractivity contribution in [2.24, 2.45) is 4.99 Å². The van der Waals surface area contributed by atoms with Gasteiger partial charge in [0.25, 0.3) is 5.91 Å². The largest absolute Gasteiger partial charge is 0.293 e. The number of benzene rings is 3. The number of anilines is 1. The van der Waals surface area contributed by atoms with Gasteiger partial charge in [0.15, 0.2) is 0 Å². The standard InChI is InChI=1S/C28H29N3OS/c1-2-3-18-33-24-14-12-23(13-15-24)29-27-25-10-6-7-11-26(25)31(28(27)32)20-30-17-16-21-8-4-5-9-22(21)19-30/h4-15H,2-3,16-20H2,1H3. The fraction of sp³-hybridized carbons (Fsp3) is 0.286. The third-order valence-electron chi connectivity index (χ3n) is 6.29. The molecule has 0 aromatic heterocycles. The molecular weight excluding hydrogens is 426 g/mol. The highest BCUT2D eigenvalue weighted by atomic mass is 32.2. The molecule has 3 aromatic rings. The first kappa shape index (κ1) is 21.9. The van der Waals surface area contributed by atoms with Crippen LogP contribution in [0.15, 0.2) is 82.7 Å². The van der Waals surface area contributed by atoms with Crippen molar-refractivity contribution in [3.05, 3.63) is 89.5 Å². The number of carbonyl (C=O) groups is 1. The van der Waals surface area contributed by atoms with Crippen molar-refractivity contribution in [2.75, 3.05) is 23.9 Å². The van der Waals surface area contributed by atoms with Crippen LogP contribution in [0, 0.1) is 0 Å². The van der Waals surface area contributed by atoms with Crippen LogP contribution in [0.5, 0.6) is 0 Å². The van der Waals surface area contributed by atoms with Crippen LogP contribution < -0.4 is 4.90 Å². The van der Waals surface area contributed by atoms with E-state index in [-0.39, 0.29) is 5.91 Å². The Morgan fingerprint density at radius 3 is 2.52 bits per heavy atom. The number of hydrogen-bond donors (Lipinski definition) is 0. The molecule has 2 heterocycles. The normalized spacial score (nSPS) is 16.8. The van der Waals surface area contributed by atoms with Gasteiger partial charge >= 0.3 is 0 Å². The summed E-state index contributed by atoms with van der Waals surface area (Å²) in [6, 6.07) is 24.9. The van der Waals surface area contributed by atoms with Gasteiger partial charge in [-0.3, -0.25) is 14.6 Å². The van der Waals surface area contributed by atoms with Crippen molar-refractivity contribution in [3.8, 4) is 0 Å². The molecule has 168 valence electrons. The van der Waals surface area contributed by atoms with Crippen LogP contribution in [0.2, 0.25) is 0 Å². The summed E-state index contributed by atoms with van der Waals surface area (Å²) in [6.45, 7) is 4.61. The molecule has 0 spiro atoms. The van der Waals surface area contributed by atoms with Crippen LogP contribution in [0.3, 0.4) is 0 Å². The van der Waals surface area contributed by atoms with Crippen LogP contribution in [0.1, 0.15) is 36.5 Å². The minimum Gasteiger partial charge on any atom is -0.293 e. The number of fused-ring (bicyclic) bond motifs is 2. The molecule has 0 radical (unpaired) electrons. The number of aliphatic imine (C=N–C) groups is 1. The van der Waals surface area contributed by atoms with Crippen molar-refractivity contribution >= 4 is 34.8 Å². The third kappa shape index (κ3) is 4.75. The highest BCUT2D eigenvalue weighted by Crippen LogP contribution is 2.32. The lowest BCUT2D eigenvalue weighted by Crippen LogP contribution is -2.43. The molecule has 33 heavy (non-hydrogen) atoms. The van der Waals surface area contributed by atoms with Gasteiger partial charge in [-0.05, 0) is 60.1 Å². The van der Waals surface area contributed by atoms with Gasteiger partial charge in [-0.2, -0.15) is 0 Å². The third-order valence-corrected chi connectivity index (χ3v) is 7.39. The molecule has 5 rings (SSSR count). The first-order valence-corrected chi connectivity index (χ1v) is 12.7. The van der Waals surface area contributed by atoms with E-state index < -0.39 is 0 Å². The molecule has 0 fully saturated rings. The van der Waals surface area contributed by atoms with E-state index in [1.807, 2.05) is 53.1 Å². The summed E-state index contributed by atoms with van der Waals surface area (Å²) in [7, 11) is 0. The Balaban J connectivity index is 1.35. The number of rotatable bonds is 7. The maximum absolute atomic E-state index is 13.5. The number of nitrogens with zero attached hydrogens (tertiary/aromatic N) is 3. The van der Waals surface area contributed by atoms with E-state index in [2.05, 4.69) is 48.2 Å². The van der Waals surface area contributed by atoms with Gasteiger partial charge in [-0.15, -0.1) is 11.8 Å². The molecule has 0 aliphatic carbocycles. The number of unbranched alkanes of at least 4 members (excludes halogenated alkanes) is 1. The maximum Gasteiger partial charge on any atom is 0.278 e. The van der Waals surface area contributed by atoms with Gasteiger partial charge in [0.1, 0.15) is 5.71 Å². The second kappa shape index (κ2) is 9.94. The van der Waals surface area contributed by atoms with Crippen molar-refractivity contribution in [3.63, 3.8) is 0 Å². The summed E-state index contributed by atoms with van der Waals surface area (Å²) >= 11 is 1.87. The van der Waals surface area contributed by atoms with E-state index >= 15 is 0 Å². The predicted molar refractivity (Wildman–Crippen MR) is 138 cm³/mol. The second-order valence-corrected chi connectivity index (χ2v) is 9.79. The van der Waals surface area contributed by atoms with E-state index in [1.54, 1.807) is 0 Å². The van der Waals surface area contributed by atoms with E-state index in [9.17, 15) is 4.79 Å². The fourth-order valence-electron chi connectivity index (χ4n) is 4.47. The molecule has 2 aliphatic rings. The molecule has 4 nitrogen and oxygen atoms in total. The quantitative estimate of drug-likeness (QED) is 0.321. The van der Waals surface area contributed by atoms with Gasteiger partial charge in [-0.1, -0.05) is 55.8 Å². The number of amides is 1. The maximum atomic E-state index is 13.5. The second-order valence-electron chi connectivity index (χ2n) is 8.62. The van der Waals surface area contributed by atoms with E-state index in [0.29, 0.717) is 12.4 Å². The van der Waals surface area contributed by atoms with Gasteiger partial charge < -0.3 is 0 Å². The number of hydrogen-bond acceptors (Lipinski definition) is 4. The molecule has 1 amide bonds. The lowest BCUT2D eigenvalue weighted by Gasteiger charge is -2.32. The van der Waals surface area contributed by atoms with Crippen molar-refractivity contribution < 1.29 is 4.79 Å². The van der Waals surface area contributed by atoms with Crippen molar-refractivity contribution in [1.82, 2.24) is 4.90 Å². The van der Waals surface area contributed by atoms with Crippen LogP contribution >= 0.6 is 11.8 Å². The monoisotopic (exact) mass is 455 g/mol. The predicted octanol–water partition coefficient (Wildman–Crippen LogP) is 6.06. The molecule has 0 bridgehead atoms. The number of thioether (sulfide) groups is 1. The minimum absolute atomic E-state index is 0.0172. The topological polar surface area (TPSA) is 35.9 Å². The summed E-state index contributed by atoms with van der Waals surface area (Å²) in [5.74, 6) is 1.11. The average molecular weight is 456 g/mol. The zero-order chi connectivity index (χ0) is 22.6. The molecule has 0 saturated carbocycles. The zero-order valence-corrected chi connectivity index (χ0v) is 19.9. The van der Waals surface area contributed by atoms with Gasteiger partial charge in [0, 0.05) is 23.5 Å². The van der Waals surface area contributed by atoms with Crippen LogP contribution in [-0.4, -0.2) is 35.5 Å². The van der Waals surface area contributed by atoms with E-state index in [0.717, 1.165) is 42.2 Å². The van der Waals surface area contributed by atoms with E-state index in [1.165, 1.54) is 28.9 Å². The number of carbonyl (C=O) groups excluding carboxylic acids is 1. The molecule has 2 aliphatic heterocycles. The fourth-order valence-corrected chi connectivity index (χ4v) is 5.46. The van der Waals surface area contributed by atoms with Crippen LogP contribution in [0.25, 0.3) is 0 Å². The highest BCUT2D eigenvalue weighted by molar-refractivity contribution is 7.99. The van der Waals surface area contributed by atoms with E-state index in [4.69, 9.17) is 4.99 Å². The van der Waals surface area contributed by atoms with Crippen molar-refractivity contribution in [1.29, 1.82) is 0 Å². The lowest BCUT2D eigenvalue weighted by molar-refractivity contribution is -0.112. The van der Waals surface area contributed by atoms with Gasteiger partial charge in [0.05, 0.1) is 18.0 Å². The average Bonchev–Trinajstić information content (AvgIpc) is 3.11. The molecule has 0 N–H and O–H groups in total. The highest BCUT2D eigenvalue weighted by Gasteiger charge is 2.35. The Labute approximate surface area is 200 Å². The van der Waals surface area contributed by atoms with Gasteiger partial charge in [0.2, 0.25) is 0 Å². The Bertz CT molecular complexity index is 1170. The SMILES string of the molecule is CCCCSc1ccc(N=C2C(=O)N(CN3CCc4ccccc4C3)c3ccccc32)cc1. The Morgan fingerprint density at radius 2 is 1.70 bits per heavy atom. The molecular formula is C28H29N3OS. The van der Waals surface area contributed by atoms with Crippen LogP contribution in [-0.2, 0) is 17.8 Å². The Morgan fingerprint density at radius 1 is 0.939 bits per heavy atom. The first-order chi connectivity index (χ1) is 16.2. The summed E-state index contributed by atoms with van der Waals surface area (Å²) < 4.78 is 0. The zero-order valence-electron chi connectivity index (χ0n) is 19.0. The Kier molecular flexibility index (Phi) is 6.60. The molecule has 0 unspecified atom stereocenters. The Hall–Kier alpha value is -2.89. The summed E-state index contributed by atoms with van der Waals surface area (Å²) in [5, 5.41) is 0. The smallest absolute Gasteiger partial charge is 0.278 e. The summed E-state index contributed by atoms with van der Waals surface area (Å²) in [5.41, 5.74) is 6.00. The molecule has 0 atom stereocenters. The molecule has 3 aromatic carbocycles. The summed E-state index contributed by atoms with van der Waals surface area (Å²) in [4.78, 5) is 23.8. The number of para-hydroxylation sites is 1. The van der Waals surface area contributed by atoms with Crippen molar-refractivity contribution in [2.45, 2.75) is 37.6 Å².